The predicted molar refractivity (Wildman–Crippen MR) is 78.7 cm³/mol. The highest BCUT2D eigenvalue weighted by atomic mass is 32.1. The van der Waals surface area contributed by atoms with Crippen molar-refractivity contribution in [1.29, 1.82) is 0 Å². The van der Waals surface area contributed by atoms with Gasteiger partial charge in [0, 0.05) is 5.56 Å². The molecule has 0 aliphatic carbocycles. The summed E-state index contributed by atoms with van der Waals surface area (Å²) in [5, 5.41) is 3.22. The number of thiazole rings is 1. The van der Waals surface area contributed by atoms with Crippen LogP contribution in [0, 0.1) is 12.7 Å². The van der Waals surface area contributed by atoms with E-state index in [2.05, 4.69) is 10.3 Å². The fourth-order valence-electron chi connectivity index (χ4n) is 1.94. The molecule has 1 amide bonds. The molecule has 0 saturated heterocycles. The Morgan fingerprint density at radius 2 is 2.05 bits per heavy atom. The number of fused-ring (bicyclic) bond motifs is 1. The van der Waals surface area contributed by atoms with Crippen LogP contribution in [0.5, 0.6) is 0 Å². The Morgan fingerprint density at radius 1 is 1.25 bits per heavy atom. The molecule has 1 aromatic heterocycles. The molecule has 0 spiro atoms. The van der Waals surface area contributed by atoms with E-state index in [-0.39, 0.29) is 11.5 Å². The van der Waals surface area contributed by atoms with Gasteiger partial charge in [0.25, 0.3) is 5.91 Å². The van der Waals surface area contributed by atoms with Crippen LogP contribution in [0.25, 0.3) is 10.2 Å². The first-order valence-corrected chi connectivity index (χ1v) is 6.88. The maximum absolute atomic E-state index is 13.1. The first-order valence-electron chi connectivity index (χ1n) is 6.06. The second-order valence-electron chi connectivity index (χ2n) is 4.41. The first kappa shape index (κ1) is 12.7. The van der Waals surface area contributed by atoms with Crippen LogP contribution in [-0.2, 0) is 0 Å². The van der Waals surface area contributed by atoms with E-state index in [4.69, 9.17) is 0 Å². The average molecular weight is 286 g/mol. The Bertz CT molecular complexity index is 797. The van der Waals surface area contributed by atoms with E-state index in [1.165, 1.54) is 29.5 Å². The topological polar surface area (TPSA) is 42.0 Å². The van der Waals surface area contributed by atoms with Crippen LogP contribution < -0.4 is 5.32 Å². The zero-order valence-corrected chi connectivity index (χ0v) is 11.5. The molecule has 0 saturated carbocycles. The molecule has 5 heteroatoms. The lowest BCUT2D eigenvalue weighted by molar-refractivity contribution is 0.102. The Balaban J connectivity index is 1.89. The highest BCUT2D eigenvalue weighted by molar-refractivity contribution is 7.22. The number of benzene rings is 2. The summed E-state index contributed by atoms with van der Waals surface area (Å²) in [4.78, 5) is 16.4. The summed E-state index contributed by atoms with van der Waals surface area (Å²) < 4.78 is 14.1. The molecule has 1 N–H and O–H groups in total. The van der Waals surface area contributed by atoms with Crippen LogP contribution in [0.2, 0.25) is 0 Å². The molecular formula is C15H11FN2OS. The smallest absolute Gasteiger partial charge is 0.257 e. The Kier molecular flexibility index (Phi) is 3.20. The lowest BCUT2D eigenvalue weighted by atomic mass is 10.2. The van der Waals surface area contributed by atoms with E-state index in [0.717, 1.165) is 15.8 Å². The van der Waals surface area contributed by atoms with Crippen LogP contribution in [0.1, 0.15) is 15.9 Å². The van der Waals surface area contributed by atoms with Gasteiger partial charge in [-0.15, -0.1) is 0 Å². The van der Waals surface area contributed by atoms with Crippen LogP contribution in [0.4, 0.5) is 9.52 Å². The van der Waals surface area contributed by atoms with E-state index in [1.807, 2.05) is 25.1 Å². The van der Waals surface area contributed by atoms with Crippen LogP contribution in [0.3, 0.4) is 0 Å². The minimum atomic E-state index is -0.433. The lowest BCUT2D eigenvalue weighted by Gasteiger charge is -2.01. The Hall–Kier alpha value is -2.27. The van der Waals surface area contributed by atoms with Crippen LogP contribution in [0.15, 0.2) is 42.5 Å². The maximum Gasteiger partial charge on any atom is 0.257 e. The molecule has 0 aliphatic rings. The number of hydrogen-bond donors (Lipinski definition) is 1. The van der Waals surface area contributed by atoms with Gasteiger partial charge in [0.15, 0.2) is 5.13 Å². The van der Waals surface area contributed by atoms with E-state index in [9.17, 15) is 9.18 Å². The van der Waals surface area contributed by atoms with Crippen LogP contribution in [-0.4, -0.2) is 10.9 Å². The van der Waals surface area contributed by atoms with Crippen molar-refractivity contribution in [3.8, 4) is 0 Å². The van der Waals surface area contributed by atoms with E-state index in [1.54, 1.807) is 6.07 Å². The fraction of sp³-hybridized carbons (Fsp3) is 0.0667. The fourth-order valence-corrected chi connectivity index (χ4v) is 2.88. The molecule has 0 fully saturated rings. The van der Waals surface area contributed by atoms with Crippen LogP contribution >= 0.6 is 11.3 Å². The Labute approximate surface area is 119 Å². The van der Waals surface area contributed by atoms with E-state index in [0.29, 0.717) is 5.13 Å². The summed E-state index contributed by atoms with van der Waals surface area (Å²) in [6.45, 7) is 1.97. The van der Waals surface area contributed by atoms with Gasteiger partial charge in [-0.1, -0.05) is 29.5 Å². The van der Waals surface area contributed by atoms with Crippen molar-refractivity contribution < 1.29 is 9.18 Å². The van der Waals surface area contributed by atoms with Crippen molar-refractivity contribution in [1.82, 2.24) is 4.98 Å². The molecule has 3 rings (SSSR count). The van der Waals surface area contributed by atoms with Crippen molar-refractivity contribution in [2.75, 3.05) is 5.32 Å². The SMILES string of the molecule is Cc1cccc2sc(NC(=O)c3cccc(F)c3)nc12. The monoisotopic (exact) mass is 286 g/mol. The third kappa shape index (κ3) is 2.40. The van der Waals surface area contributed by atoms with Gasteiger partial charge < -0.3 is 0 Å². The number of nitrogens with zero attached hydrogens (tertiary/aromatic N) is 1. The molecule has 20 heavy (non-hydrogen) atoms. The number of para-hydroxylation sites is 1. The van der Waals surface area contributed by atoms with Gasteiger partial charge in [-0.2, -0.15) is 0 Å². The van der Waals surface area contributed by atoms with E-state index >= 15 is 0 Å². The number of carbonyl (C=O) groups is 1. The first-order chi connectivity index (χ1) is 9.63. The van der Waals surface area contributed by atoms with Crippen molar-refractivity contribution >= 4 is 32.6 Å². The largest absolute Gasteiger partial charge is 0.298 e. The average Bonchev–Trinajstić information content (AvgIpc) is 2.83. The van der Waals surface area contributed by atoms with Crippen molar-refractivity contribution in [2.24, 2.45) is 0 Å². The molecule has 3 nitrogen and oxygen atoms in total. The van der Waals surface area contributed by atoms with Crippen molar-refractivity contribution in [3.63, 3.8) is 0 Å². The van der Waals surface area contributed by atoms with Gasteiger partial charge in [-0.3, -0.25) is 10.1 Å². The van der Waals surface area contributed by atoms with Gasteiger partial charge in [0.2, 0.25) is 0 Å². The number of carbonyl (C=O) groups excluding carboxylic acids is 1. The van der Waals surface area contributed by atoms with Crippen molar-refractivity contribution in [2.45, 2.75) is 6.92 Å². The number of hydrogen-bond acceptors (Lipinski definition) is 3. The van der Waals surface area contributed by atoms with E-state index < -0.39 is 5.82 Å². The number of rotatable bonds is 2. The summed E-state index contributed by atoms with van der Waals surface area (Å²) in [6.07, 6.45) is 0. The number of anilines is 1. The quantitative estimate of drug-likeness (QED) is 0.773. The van der Waals surface area contributed by atoms with Gasteiger partial charge >= 0.3 is 0 Å². The molecule has 0 radical (unpaired) electrons. The zero-order chi connectivity index (χ0) is 14.1. The standard InChI is InChI=1S/C15H11FN2OS/c1-9-4-2-7-12-13(9)17-15(20-12)18-14(19)10-5-3-6-11(16)8-10/h2-8H,1H3,(H,17,18,19). The molecule has 0 atom stereocenters. The zero-order valence-electron chi connectivity index (χ0n) is 10.7. The predicted octanol–water partition coefficient (Wildman–Crippen LogP) is 4.00. The summed E-state index contributed by atoms with van der Waals surface area (Å²) in [7, 11) is 0. The molecule has 1 heterocycles. The molecule has 2 aromatic carbocycles. The maximum atomic E-state index is 13.1. The summed E-state index contributed by atoms with van der Waals surface area (Å²) in [5.74, 6) is -0.793. The normalized spacial score (nSPS) is 10.7. The highest BCUT2D eigenvalue weighted by Crippen LogP contribution is 2.28. The number of aryl methyl sites for hydroxylation is 1. The van der Waals surface area contributed by atoms with Gasteiger partial charge in [0.05, 0.1) is 10.2 Å². The third-order valence-corrected chi connectivity index (χ3v) is 3.86. The molecule has 0 bridgehead atoms. The number of nitrogens with one attached hydrogen (secondary N) is 1. The Morgan fingerprint density at radius 3 is 2.80 bits per heavy atom. The summed E-state index contributed by atoms with van der Waals surface area (Å²) in [5.41, 5.74) is 2.22. The second-order valence-corrected chi connectivity index (χ2v) is 5.44. The molecule has 0 aliphatic heterocycles. The van der Waals surface area contributed by atoms with Gasteiger partial charge in [0.1, 0.15) is 5.82 Å². The number of aromatic nitrogens is 1. The highest BCUT2D eigenvalue weighted by Gasteiger charge is 2.11. The van der Waals surface area contributed by atoms with Crippen molar-refractivity contribution in [3.05, 3.63) is 59.4 Å². The molecule has 0 unspecified atom stereocenters. The summed E-state index contributed by atoms with van der Waals surface area (Å²) >= 11 is 1.40. The second kappa shape index (κ2) is 5.02. The minimum Gasteiger partial charge on any atom is -0.298 e. The molecule has 100 valence electrons. The van der Waals surface area contributed by atoms with Gasteiger partial charge in [-0.05, 0) is 36.8 Å². The molecule has 3 aromatic rings. The lowest BCUT2D eigenvalue weighted by Crippen LogP contribution is -2.11. The number of amides is 1. The minimum absolute atomic E-state index is 0.279. The number of halogens is 1. The third-order valence-electron chi connectivity index (χ3n) is 2.93. The van der Waals surface area contributed by atoms with Gasteiger partial charge in [-0.25, -0.2) is 9.37 Å². The molecular weight excluding hydrogens is 275 g/mol. The summed E-state index contributed by atoms with van der Waals surface area (Å²) in [6, 6.07) is 11.5.